The molecule has 0 unspecified atom stereocenters. The number of hydrogen-bond donors (Lipinski definition) is 0. The van der Waals surface area contributed by atoms with Gasteiger partial charge in [0, 0.05) is 34.6 Å². The first-order valence-corrected chi connectivity index (χ1v) is 18.5. The lowest BCUT2D eigenvalue weighted by molar-refractivity contribution is 0.951. The third-order valence-electron chi connectivity index (χ3n) is 10.1. The van der Waals surface area contributed by atoms with Gasteiger partial charge in [-0.2, -0.15) is 0 Å². The van der Waals surface area contributed by atoms with Gasteiger partial charge in [0.1, 0.15) is 17.5 Å². The second kappa shape index (κ2) is 13.5. The average Bonchev–Trinajstić information content (AvgIpc) is 3.73. The minimum Gasteiger partial charge on any atom is -0.296 e. The fourth-order valence-corrected chi connectivity index (χ4v) is 7.71. The van der Waals surface area contributed by atoms with Crippen molar-refractivity contribution in [2.24, 2.45) is 0 Å². The van der Waals surface area contributed by atoms with Crippen LogP contribution in [0.4, 0.5) is 0 Å². The molecule has 0 saturated heterocycles. The molecule has 3 heterocycles. The predicted octanol–water partition coefficient (Wildman–Crippen LogP) is 11.4. The molecule has 8 aromatic rings. The van der Waals surface area contributed by atoms with E-state index in [2.05, 4.69) is 196 Å². The van der Waals surface area contributed by atoms with Gasteiger partial charge < -0.3 is 0 Å². The molecule has 6 nitrogen and oxygen atoms in total. The molecule has 5 aromatic carbocycles. The SMILES string of the molecule is C1=CCC=CC(n2c(Cc3cc(-c4nc5ccccc5n4C4=CCC=CC=C4)cc(-c4nc5ccccc5n4-c4ccccc4)c3)nc3ccccc32)=C1. The third kappa shape index (κ3) is 5.65. The standard InChI is InChI=1S/C48H36N6/c1-2-7-19-37(18-6-1)52-43-27-15-12-24-40(43)49-46(52)32-34-30-35(47-50-41-25-13-16-28-44(41)53(47)38-20-8-3-4-9-21-38)33-36(31-34)48-51-42-26-14-17-29-45(42)54(48)39-22-10-5-11-23-39/h1,3-8,10-31,33H,2,9,32H2. The van der Waals surface area contributed by atoms with E-state index < -0.39 is 0 Å². The summed E-state index contributed by atoms with van der Waals surface area (Å²) in [6.07, 6.45) is 24.1. The summed E-state index contributed by atoms with van der Waals surface area (Å²) in [7, 11) is 0. The zero-order valence-corrected chi connectivity index (χ0v) is 29.6. The molecule has 0 bridgehead atoms. The largest absolute Gasteiger partial charge is 0.296 e. The predicted molar refractivity (Wildman–Crippen MR) is 222 cm³/mol. The molecule has 0 amide bonds. The van der Waals surface area contributed by atoms with Crippen LogP contribution in [0.5, 0.6) is 0 Å². The van der Waals surface area contributed by atoms with Gasteiger partial charge in [-0.05, 0) is 103 Å². The number of allylic oxidation sites excluding steroid dienone is 12. The first-order valence-electron chi connectivity index (χ1n) is 18.5. The molecule has 0 radical (unpaired) electrons. The van der Waals surface area contributed by atoms with Crippen molar-refractivity contribution in [1.29, 1.82) is 0 Å². The zero-order chi connectivity index (χ0) is 35.8. The summed E-state index contributed by atoms with van der Waals surface area (Å²) in [5, 5.41) is 0. The lowest BCUT2D eigenvalue weighted by Crippen LogP contribution is -2.05. The maximum atomic E-state index is 5.33. The molecule has 0 spiro atoms. The Kier molecular flexibility index (Phi) is 7.91. The monoisotopic (exact) mass is 696 g/mol. The molecule has 54 heavy (non-hydrogen) atoms. The van der Waals surface area contributed by atoms with Gasteiger partial charge in [-0.1, -0.05) is 97.1 Å². The summed E-state index contributed by atoms with van der Waals surface area (Å²) in [4.78, 5) is 15.9. The van der Waals surface area contributed by atoms with Crippen LogP contribution in [0.1, 0.15) is 24.2 Å². The Bertz CT molecular complexity index is 2900. The smallest absolute Gasteiger partial charge is 0.145 e. The number of fused-ring (bicyclic) bond motifs is 3. The van der Waals surface area contributed by atoms with Crippen molar-refractivity contribution in [3.8, 4) is 28.5 Å². The third-order valence-corrected chi connectivity index (χ3v) is 10.1. The summed E-state index contributed by atoms with van der Waals surface area (Å²) >= 11 is 0. The van der Waals surface area contributed by atoms with Crippen LogP contribution in [0.3, 0.4) is 0 Å². The van der Waals surface area contributed by atoms with E-state index in [0.29, 0.717) is 6.42 Å². The lowest BCUT2D eigenvalue weighted by Gasteiger charge is -2.15. The van der Waals surface area contributed by atoms with Crippen molar-refractivity contribution in [3.05, 3.63) is 193 Å². The number of benzene rings is 5. The molecule has 2 aliphatic rings. The lowest BCUT2D eigenvalue weighted by atomic mass is 10.0. The summed E-state index contributed by atoms with van der Waals surface area (Å²) in [5.74, 6) is 2.72. The van der Waals surface area contributed by atoms with Gasteiger partial charge in [0.25, 0.3) is 0 Å². The normalized spacial score (nSPS) is 14.1. The topological polar surface area (TPSA) is 53.5 Å². The Hall–Kier alpha value is -7.05. The maximum absolute atomic E-state index is 5.33. The van der Waals surface area contributed by atoms with Crippen molar-refractivity contribution < 1.29 is 0 Å². The number of nitrogens with zero attached hydrogens (tertiary/aromatic N) is 6. The second-order valence-electron chi connectivity index (χ2n) is 13.6. The second-order valence-corrected chi connectivity index (χ2v) is 13.6. The molecular formula is C48H36N6. The van der Waals surface area contributed by atoms with E-state index in [9.17, 15) is 0 Å². The Morgan fingerprint density at radius 3 is 1.83 bits per heavy atom. The Morgan fingerprint density at radius 1 is 0.481 bits per heavy atom. The van der Waals surface area contributed by atoms with E-state index >= 15 is 0 Å². The maximum Gasteiger partial charge on any atom is 0.145 e. The molecule has 6 heteroatoms. The van der Waals surface area contributed by atoms with Crippen molar-refractivity contribution in [1.82, 2.24) is 28.7 Å². The molecular weight excluding hydrogens is 661 g/mol. The van der Waals surface area contributed by atoms with Gasteiger partial charge >= 0.3 is 0 Å². The highest BCUT2D eigenvalue weighted by Gasteiger charge is 2.21. The summed E-state index contributed by atoms with van der Waals surface area (Å²) in [6, 6.07) is 42.5. The highest BCUT2D eigenvalue weighted by molar-refractivity contribution is 5.89. The Balaban J connectivity index is 1.23. The fourth-order valence-electron chi connectivity index (χ4n) is 7.71. The van der Waals surface area contributed by atoms with E-state index in [0.717, 1.165) is 97.2 Å². The first-order chi connectivity index (χ1) is 26.8. The molecule has 2 aliphatic carbocycles. The number of imidazole rings is 3. The van der Waals surface area contributed by atoms with Gasteiger partial charge in [0.2, 0.25) is 0 Å². The molecule has 0 aliphatic heterocycles. The molecule has 0 N–H and O–H groups in total. The van der Waals surface area contributed by atoms with Crippen LogP contribution in [0.25, 0.3) is 73.0 Å². The van der Waals surface area contributed by atoms with Gasteiger partial charge in [-0.25, -0.2) is 15.0 Å². The van der Waals surface area contributed by atoms with Gasteiger partial charge in [-0.15, -0.1) is 0 Å². The van der Waals surface area contributed by atoms with Crippen LogP contribution < -0.4 is 0 Å². The highest BCUT2D eigenvalue weighted by Crippen LogP contribution is 2.36. The number of hydrogen-bond acceptors (Lipinski definition) is 3. The van der Waals surface area contributed by atoms with Crippen LogP contribution in [-0.2, 0) is 6.42 Å². The van der Waals surface area contributed by atoms with Crippen LogP contribution in [0, 0.1) is 0 Å². The fraction of sp³-hybridized carbons (Fsp3) is 0.0625. The summed E-state index contributed by atoms with van der Waals surface area (Å²) in [6.45, 7) is 0. The van der Waals surface area contributed by atoms with Crippen molar-refractivity contribution in [2.75, 3.05) is 0 Å². The molecule has 3 aromatic heterocycles. The zero-order valence-electron chi connectivity index (χ0n) is 29.6. The van der Waals surface area contributed by atoms with E-state index in [1.807, 2.05) is 0 Å². The van der Waals surface area contributed by atoms with Crippen LogP contribution >= 0.6 is 0 Å². The van der Waals surface area contributed by atoms with Crippen molar-refractivity contribution in [3.63, 3.8) is 0 Å². The van der Waals surface area contributed by atoms with E-state index in [1.165, 1.54) is 0 Å². The molecule has 258 valence electrons. The van der Waals surface area contributed by atoms with E-state index in [4.69, 9.17) is 15.0 Å². The molecule has 10 rings (SSSR count). The van der Waals surface area contributed by atoms with Crippen LogP contribution in [-0.4, -0.2) is 28.7 Å². The van der Waals surface area contributed by atoms with Gasteiger partial charge in [-0.3, -0.25) is 13.7 Å². The number of aromatic nitrogens is 6. The summed E-state index contributed by atoms with van der Waals surface area (Å²) in [5.41, 5.74) is 12.5. The number of para-hydroxylation sites is 7. The Labute approximate surface area is 313 Å². The first kappa shape index (κ1) is 31.7. The van der Waals surface area contributed by atoms with Gasteiger partial charge in [0.05, 0.1) is 33.1 Å². The van der Waals surface area contributed by atoms with E-state index in [1.54, 1.807) is 0 Å². The van der Waals surface area contributed by atoms with Crippen LogP contribution in [0.2, 0.25) is 0 Å². The summed E-state index contributed by atoms with van der Waals surface area (Å²) < 4.78 is 6.87. The quantitative estimate of drug-likeness (QED) is 0.167. The van der Waals surface area contributed by atoms with Crippen molar-refractivity contribution >= 4 is 44.5 Å². The van der Waals surface area contributed by atoms with Crippen molar-refractivity contribution in [2.45, 2.75) is 19.3 Å². The average molecular weight is 697 g/mol. The molecule has 0 saturated carbocycles. The number of rotatable bonds is 7. The molecule has 0 fully saturated rings. The Morgan fingerprint density at radius 2 is 1.09 bits per heavy atom. The molecule has 0 atom stereocenters. The van der Waals surface area contributed by atoms with Gasteiger partial charge in [0.15, 0.2) is 0 Å². The highest BCUT2D eigenvalue weighted by atomic mass is 15.1. The minimum absolute atomic E-state index is 0.600. The van der Waals surface area contributed by atoms with Crippen LogP contribution in [0.15, 0.2) is 182 Å². The minimum atomic E-state index is 0.600. The van der Waals surface area contributed by atoms with E-state index in [-0.39, 0.29) is 0 Å².